The molecule has 1 amide bonds. The normalized spacial score (nSPS) is 20.2. The molecule has 2 N–H and O–H groups in total. The number of amides is 1. The number of H-pyrrole nitrogens is 1. The molecule has 0 unspecified atom stereocenters. The van der Waals surface area contributed by atoms with Gasteiger partial charge in [0.1, 0.15) is 6.61 Å². The van der Waals surface area contributed by atoms with E-state index in [-0.39, 0.29) is 11.9 Å². The number of halogens is 2. The highest BCUT2D eigenvalue weighted by atomic mass is 35.5. The lowest BCUT2D eigenvalue weighted by molar-refractivity contribution is -0.137. The van der Waals surface area contributed by atoms with Gasteiger partial charge in [-0.25, -0.2) is 0 Å². The zero-order valence-electron chi connectivity index (χ0n) is 14.4. The topological polar surface area (TPSA) is 65.6 Å². The molecule has 26 heavy (non-hydrogen) atoms. The number of ether oxygens (including phenoxy) is 1. The fraction of sp³-hybridized carbons (Fsp3) is 0.421. The Kier molecular flexibility index (Phi) is 4.73. The Morgan fingerprint density at radius 1 is 1.46 bits per heavy atom. The van der Waals surface area contributed by atoms with Crippen LogP contribution in [0, 0.1) is 0 Å². The molecule has 1 aromatic heterocycles. The second-order valence-corrected chi connectivity index (χ2v) is 7.62. The van der Waals surface area contributed by atoms with Gasteiger partial charge in [-0.1, -0.05) is 29.3 Å². The second kappa shape index (κ2) is 6.89. The molecular weight excluding hydrogens is 375 g/mol. The number of hydrogen-bond donors (Lipinski definition) is 2. The van der Waals surface area contributed by atoms with Crippen molar-refractivity contribution in [1.29, 1.82) is 0 Å². The van der Waals surface area contributed by atoms with Gasteiger partial charge in [-0.2, -0.15) is 0 Å². The number of rotatable bonds is 2. The lowest BCUT2D eigenvalue weighted by atomic mass is 9.92. The summed E-state index contributed by atoms with van der Waals surface area (Å²) in [6, 6.07) is 1.92. The van der Waals surface area contributed by atoms with Crippen molar-refractivity contribution in [2.75, 3.05) is 19.8 Å². The summed E-state index contributed by atoms with van der Waals surface area (Å²) in [5.41, 5.74) is 5.17. The largest absolute Gasteiger partial charge is 0.387 e. The molecule has 0 bridgehead atoms. The molecule has 1 atom stereocenters. The first kappa shape index (κ1) is 17.9. The van der Waals surface area contributed by atoms with Crippen LogP contribution in [0.5, 0.6) is 0 Å². The number of nitrogens with one attached hydrogen (secondary N) is 1. The van der Waals surface area contributed by atoms with E-state index in [1.807, 2.05) is 13.0 Å². The van der Waals surface area contributed by atoms with Crippen LogP contribution in [0.25, 0.3) is 16.5 Å². The quantitative estimate of drug-likeness (QED) is 0.818. The molecule has 4 rings (SSSR count). The zero-order chi connectivity index (χ0) is 18.4. The van der Waals surface area contributed by atoms with E-state index >= 15 is 0 Å². The van der Waals surface area contributed by atoms with Gasteiger partial charge in [-0.3, -0.25) is 4.79 Å². The Hall–Kier alpha value is -1.53. The Balaban J connectivity index is 1.93. The molecule has 0 fully saturated rings. The van der Waals surface area contributed by atoms with Gasteiger partial charge in [0.15, 0.2) is 0 Å². The summed E-state index contributed by atoms with van der Waals surface area (Å²) in [5.74, 6) is -0.260. The number of aliphatic hydroxyl groups is 1. The molecule has 7 heteroatoms. The predicted octanol–water partition coefficient (Wildman–Crippen LogP) is 3.54. The van der Waals surface area contributed by atoms with Gasteiger partial charge >= 0.3 is 0 Å². The van der Waals surface area contributed by atoms with Crippen molar-refractivity contribution in [3.63, 3.8) is 0 Å². The third-order valence-electron chi connectivity index (χ3n) is 5.29. The smallest absolute Gasteiger partial charge is 0.248 e. The number of aromatic nitrogens is 1. The SMILES string of the molecule is C[C@@H]1Cc2[nH]c3c(Cl)c(Cl)cc(C4=CCOCC4)c3c2CN1C(=O)CO. The molecule has 138 valence electrons. The van der Waals surface area contributed by atoms with Crippen LogP contribution in [0.3, 0.4) is 0 Å². The summed E-state index contributed by atoms with van der Waals surface area (Å²) >= 11 is 12.9. The van der Waals surface area contributed by atoms with Crippen LogP contribution in [-0.2, 0) is 22.5 Å². The van der Waals surface area contributed by atoms with Crippen molar-refractivity contribution in [2.24, 2.45) is 0 Å². The summed E-state index contributed by atoms with van der Waals surface area (Å²) in [6.45, 7) is 3.20. The molecular formula is C19H20Cl2N2O3. The van der Waals surface area contributed by atoms with Crippen LogP contribution in [0.4, 0.5) is 0 Å². The first-order valence-electron chi connectivity index (χ1n) is 8.70. The van der Waals surface area contributed by atoms with Crippen LogP contribution in [0.1, 0.15) is 30.2 Å². The number of nitrogens with zero attached hydrogens (tertiary/aromatic N) is 1. The van der Waals surface area contributed by atoms with Gasteiger partial charge in [0, 0.05) is 35.7 Å². The Labute approximate surface area is 161 Å². The molecule has 0 aliphatic carbocycles. The monoisotopic (exact) mass is 394 g/mol. The minimum atomic E-state index is -0.482. The number of aliphatic hydroxyl groups excluding tert-OH is 1. The van der Waals surface area contributed by atoms with Gasteiger partial charge in [0.05, 0.1) is 28.8 Å². The number of carbonyl (C=O) groups excluding carboxylic acids is 1. The van der Waals surface area contributed by atoms with Crippen LogP contribution < -0.4 is 0 Å². The highest BCUT2D eigenvalue weighted by Gasteiger charge is 2.31. The average molecular weight is 395 g/mol. The molecule has 0 saturated heterocycles. The van der Waals surface area contributed by atoms with Crippen molar-refractivity contribution in [3.05, 3.63) is 39.0 Å². The maximum Gasteiger partial charge on any atom is 0.248 e. The molecule has 3 heterocycles. The van der Waals surface area contributed by atoms with E-state index in [0.717, 1.165) is 34.1 Å². The first-order valence-corrected chi connectivity index (χ1v) is 9.45. The summed E-state index contributed by atoms with van der Waals surface area (Å²) in [6.07, 6.45) is 3.57. The highest BCUT2D eigenvalue weighted by Crippen LogP contribution is 2.42. The van der Waals surface area contributed by atoms with Gasteiger partial charge in [0.25, 0.3) is 0 Å². The van der Waals surface area contributed by atoms with E-state index in [2.05, 4.69) is 11.1 Å². The van der Waals surface area contributed by atoms with Crippen LogP contribution in [0.2, 0.25) is 10.0 Å². The minimum absolute atomic E-state index is 0.00945. The van der Waals surface area contributed by atoms with E-state index in [1.54, 1.807) is 4.90 Å². The van der Waals surface area contributed by atoms with E-state index in [4.69, 9.17) is 27.9 Å². The highest BCUT2D eigenvalue weighted by molar-refractivity contribution is 6.45. The molecule has 2 aliphatic heterocycles. The van der Waals surface area contributed by atoms with Gasteiger partial charge < -0.3 is 19.7 Å². The molecule has 1 aromatic carbocycles. The summed E-state index contributed by atoms with van der Waals surface area (Å²) < 4.78 is 5.43. The lowest BCUT2D eigenvalue weighted by Crippen LogP contribution is -2.43. The van der Waals surface area contributed by atoms with Crippen molar-refractivity contribution >= 4 is 45.6 Å². The van der Waals surface area contributed by atoms with E-state index in [1.165, 1.54) is 5.57 Å². The summed E-state index contributed by atoms with van der Waals surface area (Å²) in [4.78, 5) is 17.3. The molecule has 0 radical (unpaired) electrons. The van der Waals surface area contributed by atoms with Crippen molar-refractivity contribution in [2.45, 2.75) is 32.4 Å². The lowest BCUT2D eigenvalue weighted by Gasteiger charge is -2.33. The van der Waals surface area contributed by atoms with Crippen molar-refractivity contribution in [1.82, 2.24) is 9.88 Å². The summed E-state index contributed by atoms with van der Waals surface area (Å²) in [7, 11) is 0. The number of aromatic amines is 1. The van der Waals surface area contributed by atoms with Crippen LogP contribution in [-0.4, -0.2) is 46.8 Å². The molecule has 5 nitrogen and oxygen atoms in total. The van der Waals surface area contributed by atoms with Crippen molar-refractivity contribution in [3.8, 4) is 0 Å². The van der Waals surface area contributed by atoms with E-state index in [9.17, 15) is 9.90 Å². The molecule has 2 aromatic rings. The van der Waals surface area contributed by atoms with E-state index in [0.29, 0.717) is 36.2 Å². The molecule has 2 aliphatic rings. The third kappa shape index (κ3) is 2.83. The number of benzene rings is 1. The number of carbonyl (C=O) groups is 1. The maximum absolute atomic E-state index is 12.1. The summed E-state index contributed by atoms with van der Waals surface area (Å²) in [5, 5.41) is 11.3. The Morgan fingerprint density at radius 3 is 2.96 bits per heavy atom. The molecule has 0 saturated carbocycles. The number of hydrogen-bond acceptors (Lipinski definition) is 3. The van der Waals surface area contributed by atoms with Crippen LogP contribution in [0.15, 0.2) is 12.1 Å². The average Bonchev–Trinajstić information content (AvgIpc) is 3.02. The standard InChI is InChI=1S/C19H20Cl2N2O3/c1-10-6-15-13(8-23(10)16(25)9-24)17-12(11-2-4-26-5-3-11)7-14(20)18(21)19(17)22-15/h2,7,10,22,24H,3-6,8-9H2,1H3/t10-/m1/s1. The van der Waals surface area contributed by atoms with E-state index < -0.39 is 6.61 Å². The fourth-order valence-electron chi connectivity index (χ4n) is 3.96. The zero-order valence-corrected chi connectivity index (χ0v) is 16.0. The predicted molar refractivity (Wildman–Crippen MR) is 103 cm³/mol. The third-order valence-corrected chi connectivity index (χ3v) is 6.07. The second-order valence-electron chi connectivity index (χ2n) is 6.84. The van der Waals surface area contributed by atoms with Crippen LogP contribution >= 0.6 is 23.2 Å². The van der Waals surface area contributed by atoms with Crippen molar-refractivity contribution < 1.29 is 14.6 Å². The maximum atomic E-state index is 12.1. The Bertz CT molecular complexity index is 919. The van der Waals surface area contributed by atoms with Gasteiger partial charge in [-0.15, -0.1) is 0 Å². The van der Waals surface area contributed by atoms with Gasteiger partial charge in [-0.05, 0) is 30.5 Å². The fourth-order valence-corrected chi connectivity index (χ4v) is 4.36. The van der Waals surface area contributed by atoms with Gasteiger partial charge in [0.2, 0.25) is 5.91 Å². The number of fused-ring (bicyclic) bond motifs is 3. The first-order chi connectivity index (χ1) is 12.5. The molecule has 0 spiro atoms. The Morgan fingerprint density at radius 2 is 2.27 bits per heavy atom. The minimum Gasteiger partial charge on any atom is -0.387 e.